The molecule has 0 spiro atoms. The van der Waals surface area contributed by atoms with Gasteiger partial charge >= 0.3 is 0 Å². The molecule has 0 radical (unpaired) electrons. The molecule has 0 bridgehead atoms. The summed E-state index contributed by atoms with van der Waals surface area (Å²) in [4.78, 5) is 45.7. The molecule has 26 heavy (non-hydrogen) atoms. The number of imidazole rings is 1. The lowest BCUT2D eigenvalue weighted by Crippen LogP contribution is -2.57. The number of hydrogen-bond acceptors (Lipinski definition) is 6. The number of aromatic nitrogens is 2. The van der Waals surface area contributed by atoms with Crippen LogP contribution in [0.4, 0.5) is 0 Å². The average Bonchev–Trinajstić information content (AvgIpc) is 3.33. The Bertz CT molecular complexity index is 646. The van der Waals surface area contributed by atoms with Gasteiger partial charge < -0.3 is 26.3 Å². The number of hydrogen-bond donors (Lipinski definition) is 4. The lowest BCUT2D eigenvalue weighted by atomic mass is 10.1. The number of likely N-dealkylation sites (tertiary alicyclic amines) is 1. The minimum atomic E-state index is -0.767. The Hall–Kier alpha value is -2.07. The fraction of sp³-hybridized carbons (Fsp3) is 0.625. The molecule has 142 valence electrons. The minimum Gasteiger partial charge on any atom is -0.368 e. The summed E-state index contributed by atoms with van der Waals surface area (Å²) in [6.07, 6.45) is 4.72. The molecule has 10 heteroatoms. The number of thioether (sulfide) groups is 1. The number of primary amides is 1. The number of aromatic amines is 1. The van der Waals surface area contributed by atoms with Gasteiger partial charge in [-0.2, -0.15) is 11.8 Å². The van der Waals surface area contributed by atoms with Gasteiger partial charge in [-0.15, -0.1) is 0 Å². The summed E-state index contributed by atoms with van der Waals surface area (Å²) in [5.74, 6) is 0.647. The summed E-state index contributed by atoms with van der Waals surface area (Å²) in [5, 5.41) is 6.02. The van der Waals surface area contributed by atoms with Gasteiger partial charge in [0.25, 0.3) is 0 Å². The molecule has 2 saturated heterocycles. The van der Waals surface area contributed by atoms with Crippen LogP contribution in [0.15, 0.2) is 12.5 Å². The maximum atomic E-state index is 13.0. The minimum absolute atomic E-state index is 0.204. The first-order valence-corrected chi connectivity index (χ1v) is 9.90. The van der Waals surface area contributed by atoms with Crippen molar-refractivity contribution in [3.05, 3.63) is 18.2 Å². The molecule has 3 heterocycles. The Balaban J connectivity index is 1.72. The second kappa shape index (κ2) is 8.54. The molecule has 1 aromatic rings. The highest BCUT2D eigenvalue weighted by atomic mass is 32.2. The van der Waals surface area contributed by atoms with Crippen molar-refractivity contribution in [2.75, 3.05) is 24.6 Å². The number of carbonyl (C=O) groups is 3. The van der Waals surface area contributed by atoms with Crippen LogP contribution in [0.1, 0.15) is 18.5 Å². The molecule has 1 aromatic heterocycles. The molecule has 9 nitrogen and oxygen atoms in total. The van der Waals surface area contributed by atoms with Crippen LogP contribution in [-0.2, 0) is 20.8 Å². The molecule has 3 atom stereocenters. The third kappa shape index (κ3) is 4.36. The monoisotopic (exact) mass is 380 g/mol. The van der Waals surface area contributed by atoms with Crippen LogP contribution in [0.25, 0.3) is 0 Å². The molecule has 0 aliphatic carbocycles. The molecule has 5 N–H and O–H groups in total. The second-order valence-corrected chi connectivity index (χ2v) is 7.67. The summed E-state index contributed by atoms with van der Waals surface area (Å²) >= 11 is 1.71. The Morgan fingerprint density at radius 3 is 2.96 bits per heavy atom. The smallest absolute Gasteiger partial charge is 0.246 e. The van der Waals surface area contributed by atoms with E-state index in [9.17, 15) is 14.4 Å². The van der Waals surface area contributed by atoms with Crippen molar-refractivity contribution < 1.29 is 14.4 Å². The molecule has 1 unspecified atom stereocenters. The van der Waals surface area contributed by atoms with Crippen molar-refractivity contribution >= 4 is 29.5 Å². The van der Waals surface area contributed by atoms with Gasteiger partial charge in [0.1, 0.15) is 12.1 Å². The number of nitrogens with two attached hydrogens (primary N) is 1. The van der Waals surface area contributed by atoms with Crippen molar-refractivity contribution in [2.45, 2.75) is 37.4 Å². The van der Waals surface area contributed by atoms with Crippen molar-refractivity contribution in [3.63, 3.8) is 0 Å². The molecular weight excluding hydrogens is 356 g/mol. The van der Waals surface area contributed by atoms with Crippen molar-refractivity contribution in [1.29, 1.82) is 0 Å². The number of H-pyrrole nitrogens is 1. The van der Waals surface area contributed by atoms with Gasteiger partial charge in [0.2, 0.25) is 17.7 Å². The zero-order chi connectivity index (χ0) is 18.5. The average molecular weight is 380 g/mol. The summed E-state index contributed by atoms with van der Waals surface area (Å²) in [6, 6.07) is -1.69. The lowest BCUT2D eigenvalue weighted by Gasteiger charge is -2.29. The van der Waals surface area contributed by atoms with E-state index in [-0.39, 0.29) is 24.3 Å². The first-order chi connectivity index (χ1) is 12.6. The van der Waals surface area contributed by atoms with Crippen LogP contribution < -0.4 is 16.4 Å². The van der Waals surface area contributed by atoms with E-state index >= 15 is 0 Å². The number of carbonyl (C=O) groups excluding carboxylic acids is 3. The van der Waals surface area contributed by atoms with Gasteiger partial charge in [-0.3, -0.25) is 14.4 Å². The number of amides is 3. The van der Waals surface area contributed by atoms with Crippen molar-refractivity contribution in [2.24, 2.45) is 5.73 Å². The number of rotatable bonds is 6. The third-order valence-corrected chi connectivity index (χ3v) is 5.76. The summed E-state index contributed by atoms with van der Waals surface area (Å²) < 4.78 is 0. The second-order valence-electron chi connectivity index (χ2n) is 6.52. The topological polar surface area (TPSA) is 133 Å². The van der Waals surface area contributed by atoms with Gasteiger partial charge in [0.15, 0.2) is 0 Å². The number of nitrogens with one attached hydrogen (secondary N) is 3. The van der Waals surface area contributed by atoms with Crippen LogP contribution in [0, 0.1) is 0 Å². The largest absolute Gasteiger partial charge is 0.368 e. The zero-order valence-corrected chi connectivity index (χ0v) is 15.3. The van der Waals surface area contributed by atoms with E-state index in [0.29, 0.717) is 18.7 Å². The summed E-state index contributed by atoms with van der Waals surface area (Å²) in [6.45, 7) is 1.23. The van der Waals surface area contributed by atoms with Gasteiger partial charge in [-0.05, 0) is 12.8 Å². The van der Waals surface area contributed by atoms with Gasteiger partial charge in [0, 0.05) is 42.9 Å². The van der Waals surface area contributed by atoms with Crippen molar-refractivity contribution in [1.82, 2.24) is 25.5 Å². The predicted molar refractivity (Wildman–Crippen MR) is 97.3 cm³/mol. The van der Waals surface area contributed by atoms with Crippen LogP contribution in [0.2, 0.25) is 0 Å². The van der Waals surface area contributed by atoms with E-state index in [0.717, 1.165) is 24.4 Å². The van der Waals surface area contributed by atoms with E-state index < -0.39 is 18.0 Å². The Morgan fingerprint density at radius 2 is 2.31 bits per heavy atom. The van der Waals surface area contributed by atoms with E-state index in [1.165, 1.54) is 11.2 Å². The lowest BCUT2D eigenvalue weighted by molar-refractivity contribution is -0.140. The predicted octanol–water partition coefficient (Wildman–Crippen LogP) is -1.38. The van der Waals surface area contributed by atoms with Crippen LogP contribution in [0.3, 0.4) is 0 Å². The first-order valence-electron chi connectivity index (χ1n) is 8.75. The van der Waals surface area contributed by atoms with Crippen molar-refractivity contribution in [3.8, 4) is 0 Å². The Labute approximate surface area is 155 Å². The standard InChI is InChI=1S/C16H24N6O3S/c17-14(23)13-2-1-4-22(13)16(25)11(6-10-7-18-9-20-10)21-15(24)12-8-26-5-3-19-12/h7,9,11-13,19H,1-6,8H2,(H2,17,23)(H,18,20)(H,21,24)/t11-,12?,13-/m0/s1. The first kappa shape index (κ1) is 18.7. The highest BCUT2D eigenvalue weighted by Crippen LogP contribution is 2.19. The highest BCUT2D eigenvalue weighted by Gasteiger charge is 2.37. The molecule has 0 saturated carbocycles. The SMILES string of the molecule is NC(=O)[C@@H]1CCCN1C(=O)[C@H](Cc1cnc[nH]1)NC(=O)C1CSCCN1. The van der Waals surface area contributed by atoms with Crippen LogP contribution >= 0.6 is 11.8 Å². The van der Waals surface area contributed by atoms with Gasteiger partial charge in [-0.1, -0.05) is 0 Å². The van der Waals surface area contributed by atoms with E-state index in [2.05, 4.69) is 20.6 Å². The normalized spacial score (nSPS) is 24.2. The molecular formula is C16H24N6O3S. The zero-order valence-electron chi connectivity index (χ0n) is 14.4. The fourth-order valence-electron chi connectivity index (χ4n) is 3.35. The maximum Gasteiger partial charge on any atom is 0.246 e. The van der Waals surface area contributed by atoms with E-state index in [4.69, 9.17) is 5.73 Å². The summed E-state index contributed by atoms with van der Waals surface area (Å²) in [7, 11) is 0. The van der Waals surface area contributed by atoms with E-state index in [1.54, 1.807) is 18.0 Å². The van der Waals surface area contributed by atoms with Gasteiger partial charge in [0.05, 0.1) is 12.4 Å². The molecule has 2 aliphatic rings. The quantitative estimate of drug-likeness (QED) is 0.481. The maximum absolute atomic E-state index is 13.0. The molecule has 0 aromatic carbocycles. The van der Waals surface area contributed by atoms with E-state index in [1.807, 2.05) is 0 Å². The summed E-state index contributed by atoms with van der Waals surface area (Å²) in [5.41, 5.74) is 6.17. The molecule has 3 rings (SSSR count). The highest BCUT2D eigenvalue weighted by molar-refractivity contribution is 7.99. The molecule has 2 fully saturated rings. The van der Waals surface area contributed by atoms with Crippen LogP contribution in [0.5, 0.6) is 0 Å². The van der Waals surface area contributed by atoms with Gasteiger partial charge in [-0.25, -0.2) is 4.98 Å². The number of nitrogens with zero attached hydrogens (tertiary/aromatic N) is 2. The fourth-order valence-corrected chi connectivity index (χ4v) is 4.28. The van der Waals surface area contributed by atoms with Crippen LogP contribution in [-0.4, -0.2) is 75.3 Å². The molecule has 2 aliphatic heterocycles. The molecule has 3 amide bonds. The third-order valence-electron chi connectivity index (χ3n) is 4.70. The Morgan fingerprint density at radius 1 is 1.46 bits per heavy atom. The Kier molecular flexibility index (Phi) is 6.15.